The topological polar surface area (TPSA) is 57.5 Å². The van der Waals surface area contributed by atoms with E-state index >= 15 is 0 Å². The Morgan fingerprint density at radius 3 is 2.22 bits per heavy atom. The lowest BCUT2D eigenvalue weighted by Crippen LogP contribution is -2.57. The largest absolute Gasteiger partial charge is 0.479 e. The Hall–Kier alpha value is -1.08. The van der Waals surface area contributed by atoms with Gasteiger partial charge in [0.05, 0.1) is 0 Å². The fraction of sp³-hybridized carbons (Fsp3) is 0.545. The summed E-state index contributed by atoms with van der Waals surface area (Å²) in [6.45, 7) is 2.89. The summed E-state index contributed by atoms with van der Waals surface area (Å²) in [5.41, 5.74) is -3.60. The van der Waals surface area contributed by atoms with Crippen LogP contribution in [0.3, 0.4) is 0 Å². The lowest BCUT2D eigenvalue weighted by atomic mass is 9.75. The summed E-state index contributed by atoms with van der Waals surface area (Å²) in [7, 11) is 0. The molecular formula is C11H13F3O3S. The zero-order valence-corrected chi connectivity index (χ0v) is 10.5. The third-order valence-corrected chi connectivity index (χ3v) is 3.48. The van der Waals surface area contributed by atoms with Crippen LogP contribution in [0.25, 0.3) is 0 Å². The summed E-state index contributed by atoms with van der Waals surface area (Å²) in [4.78, 5) is 10.9. The van der Waals surface area contributed by atoms with Crippen LogP contribution in [-0.4, -0.2) is 28.0 Å². The van der Waals surface area contributed by atoms with E-state index in [2.05, 4.69) is 0 Å². The molecule has 0 aliphatic heterocycles. The number of hydrogen-bond donors (Lipinski definition) is 2. The van der Waals surface area contributed by atoms with Crippen molar-refractivity contribution >= 4 is 17.3 Å². The normalized spacial score (nSPS) is 17.5. The first-order valence-corrected chi connectivity index (χ1v) is 6.11. The number of carbonyl (C=O) groups is 1. The van der Waals surface area contributed by atoms with Crippen molar-refractivity contribution in [1.29, 1.82) is 0 Å². The Bertz CT molecular complexity index is 414. The summed E-state index contributed by atoms with van der Waals surface area (Å²) in [6.07, 6.45) is -5.24. The van der Waals surface area contributed by atoms with Crippen molar-refractivity contribution in [2.45, 2.75) is 31.5 Å². The fourth-order valence-corrected chi connectivity index (χ4v) is 2.69. The molecule has 0 saturated carbocycles. The lowest BCUT2D eigenvalue weighted by molar-refractivity contribution is -0.270. The van der Waals surface area contributed by atoms with Crippen molar-refractivity contribution in [2.24, 2.45) is 5.92 Å². The molecule has 1 heterocycles. The summed E-state index contributed by atoms with van der Waals surface area (Å²) >= 11 is 1.15. The molecule has 0 aromatic carbocycles. The maximum Gasteiger partial charge on any atom is 0.428 e. The molecule has 0 saturated heterocycles. The first-order chi connectivity index (χ1) is 8.12. The number of aliphatic hydroxyl groups is 1. The fourth-order valence-electron chi connectivity index (χ4n) is 1.99. The van der Waals surface area contributed by atoms with Gasteiger partial charge in [-0.25, -0.2) is 4.79 Å². The van der Waals surface area contributed by atoms with Crippen molar-refractivity contribution in [3.8, 4) is 0 Å². The van der Waals surface area contributed by atoms with Crippen molar-refractivity contribution in [3.63, 3.8) is 0 Å². The Morgan fingerprint density at radius 2 is 1.94 bits per heavy atom. The predicted molar refractivity (Wildman–Crippen MR) is 60.5 cm³/mol. The number of alkyl halides is 3. The molecule has 0 radical (unpaired) electrons. The lowest BCUT2D eigenvalue weighted by Gasteiger charge is -2.36. The highest BCUT2D eigenvalue weighted by Gasteiger charge is 2.65. The van der Waals surface area contributed by atoms with E-state index in [1.807, 2.05) is 0 Å². The zero-order chi connectivity index (χ0) is 14.1. The summed E-state index contributed by atoms with van der Waals surface area (Å²) < 4.78 is 38.8. The molecule has 1 aromatic heterocycles. The van der Waals surface area contributed by atoms with Gasteiger partial charge in [-0.1, -0.05) is 13.8 Å². The third kappa shape index (κ3) is 2.37. The maximum atomic E-state index is 12.9. The molecule has 1 aromatic rings. The zero-order valence-electron chi connectivity index (χ0n) is 9.73. The number of hydrogen-bond acceptors (Lipinski definition) is 3. The Kier molecular flexibility index (Phi) is 4.07. The van der Waals surface area contributed by atoms with E-state index in [0.29, 0.717) is 0 Å². The smallest absolute Gasteiger partial charge is 0.428 e. The number of halogens is 3. The Balaban J connectivity index is 3.38. The highest BCUT2D eigenvalue weighted by Crippen LogP contribution is 2.45. The maximum absolute atomic E-state index is 12.9. The molecule has 102 valence electrons. The van der Waals surface area contributed by atoms with E-state index < -0.39 is 29.6 Å². The van der Waals surface area contributed by atoms with Gasteiger partial charge < -0.3 is 10.2 Å². The van der Waals surface area contributed by atoms with Gasteiger partial charge in [-0.2, -0.15) is 24.5 Å². The highest BCUT2D eigenvalue weighted by molar-refractivity contribution is 7.08. The van der Waals surface area contributed by atoms with Crippen LogP contribution in [0.1, 0.15) is 25.3 Å². The van der Waals surface area contributed by atoms with Crippen LogP contribution in [0.15, 0.2) is 16.8 Å². The second-order valence-electron chi connectivity index (χ2n) is 4.35. The van der Waals surface area contributed by atoms with Gasteiger partial charge >= 0.3 is 12.1 Å². The molecule has 2 N–H and O–H groups in total. The SMILES string of the molecule is CC(C)C(c1ccsc1)C(O)(C(=O)O)C(F)(F)F. The molecule has 0 bridgehead atoms. The predicted octanol–water partition coefficient (Wildman–Crippen LogP) is 2.87. The molecule has 7 heteroatoms. The molecule has 18 heavy (non-hydrogen) atoms. The molecule has 0 amide bonds. The van der Waals surface area contributed by atoms with Crippen molar-refractivity contribution in [2.75, 3.05) is 0 Å². The number of carboxylic acid groups (broad SMARTS) is 1. The summed E-state index contributed by atoms with van der Waals surface area (Å²) in [5.74, 6) is -4.50. The Morgan fingerprint density at radius 1 is 1.39 bits per heavy atom. The van der Waals surface area contributed by atoms with Crippen molar-refractivity contribution in [1.82, 2.24) is 0 Å². The van der Waals surface area contributed by atoms with Crippen LogP contribution in [0.4, 0.5) is 13.2 Å². The van der Waals surface area contributed by atoms with Crippen LogP contribution in [0, 0.1) is 5.92 Å². The first-order valence-electron chi connectivity index (χ1n) is 5.17. The van der Waals surface area contributed by atoms with Gasteiger partial charge in [0.2, 0.25) is 0 Å². The summed E-state index contributed by atoms with van der Waals surface area (Å²) in [5, 5.41) is 21.5. The minimum absolute atomic E-state index is 0.178. The van der Waals surface area contributed by atoms with E-state index in [9.17, 15) is 23.1 Å². The van der Waals surface area contributed by atoms with Crippen LogP contribution < -0.4 is 0 Å². The molecule has 1 rings (SSSR count). The van der Waals surface area contributed by atoms with Gasteiger partial charge in [0, 0.05) is 5.92 Å². The number of aliphatic carboxylic acids is 1. The van der Waals surface area contributed by atoms with E-state index in [4.69, 9.17) is 5.11 Å². The molecule has 0 aliphatic rings. The minimum Gasteiger partial charge on any atom is -0.479 e. The molecule has 0 spiro atoms. The quantitative estimate of drug-likeness (QED) is 0.892. The van der Waals surface area contributed by atoms with Crippen LogP contribution in [0.2, 0.25) is 0 Å². The van der Waals surface area contributed by atoms with E-state index in [0.717, 1.165) is 11.3 Å². The van der Waals surface area contributed by atoms with E-state index in [1.165, 1.54) is 25.3 Å². The first kappa shape index (κ1) is 15.0. The van der Waals surface area contributed by atoms with E-state index in [-0.39, 0.29) is 5.56 Å². The van der Waals surface area contributed by atoms with Crippen LogP contribution >= 0.6 is 11.3 Å². The van der Waals surface area contributed by atoms with E-state index in [1.54, 1.807) is 5.38 Å². The molecular weight excluding hydrogens is 269 g/mol. The number of thiophene rings is 1. The molecule has 2 atom stereocenters. The summed E-state index contributed by atoms with van der Waals surface area (Å²) in [6, 6.07) is 1.40. The van der Waals surface area contributed by atoms with Crippen LogP contribution in [-0.2, 0) is 4.79 Å². The van der Waals surface area contributed by atoms with Gasteiger partial charge in [-0.15, -0.1) is 0 Å². The number of rotatable bonds is 4. The van der Waals surface area contributed by atoms with Crippen LogP contribution in [0.5, 0.6) is 0 Å². The van der Waals surface area contributed by atoms with Gasteiger partial charge in [0.15, 0.2) is 0 Å². The standard InChI is InChI=1S/C11H13F3O3S/c1-6(2)8(7-3-4-18-5-7)10(17,9(15)16)11(12,13)14/h3-6,8,17H,1-2H3,(H,15,16). The number of carboxylic acids is 1. The second kappa shape index (κ2) is 4.89. The monoisotopic (exact) mass is 282 g/mol. The average molecular weight is 282 g/mol. The minimum atomic E-state index is -5.24. The molecule has 2 unspecified atom stereocenters. The average Bonchev–Trinajstić information content (AvgIpc) is 2.68. The van der Waals surface area contributed by atoms with Gasteiger partial charge in [0.1, 0.15) is 0 Å². The highest BCUT2D eigenvalue weighted by atomic mass is 32.1. The van der Waals surface area contributed by atoms with Crippen molar-refractivity contribution in [3.05, 3.63) is 22.4 Å². The molecule has 0 aliphatic carbocycles. The van der Waals surface area contributed by atoms with Gasteiger partial charge in [-0.05, 0) is 28.3 Å². The Labute approximate surface area is 106 Å². The third-order valence-electron chi connectivity index (χ3n) is 2.78. The molecule has 3 nitrogen and oxygen atoms in total. The molecule has 0 fully saturated rings. The van der Waals surface area contributed by atoms with Gasteiger partial charge in [0.25, 0.3) is 5.60 Å². The second-order valence-corrected chi connectivity index (χ2v) is 5.13. The van der Waals surface area contributed by atoms with Gasteiger partial charge in [-0.3, -0.25) is 0 Å². The van der Waals surface area contributed by atoms with Crippen molar-refractivity contribution < 1.29 is 28.2 Å².